The Kier molecular flexibility index (Phi) is 5.36. The Morgan fingerprint density at radius 3 is 2.25 bits per heavy atom. The van der Waals surface area contributed by atoms with Crippen molar-refractivity contribution in [1.29, 1.82) is 0 Å². The summed E-state index contributed by atoms with van der Waals surface area (Å²) in [5.41, 5.74) is 3.52. The van der Waals surface area contributed by atoms with Crippen LogP contribution in [0.1, 0.15) is 10.4 Å². The summed E-state index contributed by atoms with van der Waals surface area (Å²) >= 11 is 1.80. The molecule has 1 heterocycles. The van der Waals surface area contributed by atoms with E-state index in [0.717, 1.165) is 17.1 Å². The molecule has 0 aliphatic rings. The molecule has 3 heteroatoms. The van der Waals surface area contributed by atoms with E-state index >= 15 is 0 Å². The zero-order chi connectivity index (χ0) is 19.3. The molecule has 0 aliphatic heterocycles. The third-order valence-corrected chi connectivity index (χ3v) is 5.79. The van der Waals surface area contributed by atoms with Gasteiger partial charge in [-0.1, -0.05) is 48.5 Å². The van der Waals surface area contributed by atoms with Gasteiger partial charge in [-0.3, -0.25) is 0 Å². The molecule has 0 saturated carbocycles. The zero-order valence-electron chi connectivity index (χ0n) is 15.9. The van der Waals surface area contributed by atoms with Crippen LogP contribution in [0.5, 0.6) is 11.5 Å². The fourth-order valence-corrected chi connectivity index (χ4v) is 4.24. The molecule has 1 aromatic heterocycles. The molecule has 0 radical (unpaired) electrons. The third kappa shape index (κ3) is 3.75. The largest absolute Gasteiger partial charge is 0.493 e. The van der Waals surface area contributed by atoms with Crippen molar-refractivity contribution < 1.29 is 9.47 Å². The topological polar surface area (TPSA) is 18.5 Å². The molecular formula is C25H21O2S+. The lowest BCUT2D eigenvalue weighted by atomic mass is 10.0. The average molecular weight is 386 g/mol. The van der Waals surface area contributed by atoms with Gasteiger partial charge in [-0.2, -0.15) is 0 Å². The normalized spacial score (nSPS) is 11.1. The van der Waals surface area contributed by atoms with Crippen LogP contribution < -0.4 is 9.47 Å². The van der Waals surface area contributed by atoms with Crippen molar-refractivity contribution in [3.05, 3.63) is 89.3 Å². The van der Waals surface area contributed by atoms with E-state index in [1.54, 1.807) is 25.6 Å². The fraction of sp³-hybridized carbons (Fsp3) is 0.0800. The van der Waals surface area contributed by atoms with E-state index in [1.165, 1.54) is 26.1 Å². The molecule has 4 rings (SSSR count). The Hall–Kier alpha value is -3.17. The summed E-state index contributed by atoms with van der Waals surface area (Å²) in [4.78, 5) is 1.22. The van der Waals surface area contributed by atoms with Gasteiger partial charge in [-0.05, 0) is 41.5 Å². The van der Waals surface area contributed by atoms with Crippen LogP contribution in [0.2, 0.25) is 0 Å². The Bertz CT molecular complexity index is 1130. The van der Waals surface area contributed by atoms with Crippen molar-refractivity contribution in [2.75, 3.05) is 14.2 Å². The molecule has 0 N–H and O–H groups in total. The lowest BCUT2D eigenvalue weighted by Crippen LogP contribution is -1.90. The van der Waals surface area contributed by atoms with Gasteiger partial charge < -0.3 is 9.47 Å². The second-order valence-electron chi connectivity index (χ2n) is 6.38. The first-order valence-corrected chi connectivity index (χ1v) is 9.91. The van der Waals surface area contributed by atoms with Crippen LogP contribution in [0.3, 0.4) is 0 Å². The molecule has 0 aliphatic carbocycles. The smallest absolute Gasteiger partial charge is 0.239 e. The van der Waals surface area contributed by atoms with E-state index in [0.29, 0.717) is 0 Å². The highest BCUT2D eigenvalue weighted by Gasteiger charge is 2.16. The highest BCUT2D eigenvalue weighted by molar-refractivity contribution is 7.19. The summed E-state index contributed by atoms with van der Waals surface area (Å²) in [5.74, 6) is 1.47. The van der Waals surface area contributed by atoms with Crippen molar-refractivity contribution in [3.8, 4) is 22.6 Å². The third-order valence-electron chi connectivity index (χ3n) is 4.62. The van der Waals surface area contributed by atoms with E-state index in [9.17, 15) is 0 Å². The summed E-state index contributed by atoms with van der Waals surface area (Å²) in [5, 5.41) is 1.26. The van der Waals surface area contributed by atoms with Gasteiger partial charge in [0.1, 0.15) is 0 Å². The van der Waals surface area contributed by atoms with Crippen molar-refractivity contribution >= 4 is 33.6 Å². The van der Waals surface area contributed by atoms with Gasteiger partial charge in [0, 0.05) is 23.1 Å². The van der Waals surface area contributed by atoms with Gasteiger partial charge in [-0.25, -0.2) is 0 Å². The minimum atomic E-state index is 0.732. The molecular weight excluding hydrogens is 364 g/mol. The second-order valence-corrected chi connectivity index (χ2v) is 7.46. The summed E-state index contributed by atoms with van der Waals surface area (Å²) in [6.45, 7) is 0. The van der Waals surface area contributed by atoms with Crippen molar-refractivity contribution in [2.45, 2.75) is 0 Å². The Morgan fingerprint density at radius 1 is 0.714 bits per heavy atom. The molecule has 0 bridgehead atoms. The maximum absolute atomic E-state index is 5.42. The first-order valence-electron chi connectivity index (χ1n) is 9.10. The van der Waals surface area contributed by atoms with E-state index < -0.39 is 0 Å². The lowest BCUT2D eigenvalue weighted by Gasteiger charge is -2.07. The monoisotopic (exact) mass is 385 g/mol. The predicted molar refractivity (Wildman–Crippen MR) is 120 cm³/mol. The van der Waals surface area contributed by atoms with E-state index in [1.807, 2.05) is 24.3 Å². The van der Waals surface area contributed by atoms with Crippen LogP contribution in [0.25, 0.3) is 33.4 Å². The molecule has 0 amide bonds. The molecule has 2 nitrogen and oxygen atoms in total. The summed E-state index contributed by atoms with van der Waals surface area (Å²) < 4.78 is 12.0. The molecule has 0 atom stereocenters. The predicted octanol–water partition coefficient (Wildman–Crippen LogP) is 7.04. The maximum Gasteiger partial charge on any atom is 0.239 e. The molecule has 0 spiro atoms. The number of hydrogen-bond acceptors (Lipinski definition) is 2. The van der Waals surface area contributed by atoms with Crippen molar-refractivity contribution in [3.63, 3.8) is 0 Å². The molecule has 138 valence electrons. The Labute approximate surface area is 169 Å². The second kappa shape index (κ2) is 8.24. The number of ether oxygens (including phenoxy) is 2. The number of rotatable bonds is 5. The van der Waals surface area contributed by atoms with Gasteiger partial charge in [0.05, 0.1) is 14.2 Å². The number of benzene rings is 3. The van der Waals surface area contributed by atoms with Gasteiger partial charge in [0.15, 0.2) is 11.5 Å². The van der Waals surface area contributed by atoms with Crippen LogP contribution in [0, 0.1) is 0 Å². The highest BCUT2D eigenvalue weighted by atomic mass is 32.1. The zero-order valence-corrected chi connectivity index (χ0v) is 16.7. The molecule has 3 aromatic carbocycles. The standard InChI is InChI=1S/C25H21O2S/c1-26-22-14-12-18(16-23(22)27-2)13-15-25-21(19-8-4-3-5-9-19)17-20-10-6-7-11-24(20)28-25/h3-17H,1-2H3/q+1/b15-13+. The molecule has 4 aromatic rings. The van der Waals surface area contributed by atoms with Gasteiger partial charge >= 0.3 is 0 Å². The van der Waals surface area contributed by atoms with Crippen LogP contribution in [-0.2, 0) is 0 Å². The van der Waals surface area contributed by atoms with Crippen molar-refractivity contribution in [2.24, 2.45) is 0 Å². The number of fused-ring (bicyclic) bond motifs is 1. The van der Waals surface area contributed by atoms with Gasteiger partial charge in [-0.15, -0.1) is 0 Å². The Morgan fingerprint density at radius 2 is 1.46 bits per heavy atom. The minimum absolute atomic E-state index is 0.732. The first-order chi connectivity index (χ1) is 13.8. The highest BCUT2D eigenvalue weighted by Crippen LogP contribution is 2.35. The summed E-state index contributed by atoms with van der Waals surface area (Å²) in [6.07, 6.45) is 4.30. The van der Waals surface area contributed by atoms with Crippen molar-refractivity contribution in [1.82, 2.24) is 0 Å². The average Bonchev–Trinajstić information content (AvgIpc) is 2.77. The van der Waals surface area contributed by atoms with E-state index in [-0.39, 0.29) is 0 Å². The van der Waals surface area contributed by atoms with Crippen LogP contribution in [0.4, 0.5) is 0 Å². The number of methoxy groups -OCH3 is 2. The van der Waals surface area contributed by atoms with Gasteiger partial charge in [0.2, 0.25) is 20.9 Å². The molecule has 0 saturated heterocycles. The van der Waals surface area contributed by atoms with Gasteiger partial charge in [0.25, 0.3) is 0 Å². The quantitative estimate of drug-likeness (QED) is 0.343. The van der Waals surface area contributed by atoms with E-state index in [4.69, 9.17) is 9.47 Å². The molecule has 0 unspecified atom stereocenters. The minimum Gasteiger partial charge on any atom is -0.493 e. The fourth-order valence-electron chi connectivity index (χ4n) is 3.19. The number of hydrogen-bond donors (Lipinski definition) is 0. The lowest BCUT2D eigenvalue weighted by molar-refractivity contribution is 0.355. The summed E-state index contributed by atoms with van der Waals surface area (Å²) in [7, 11) is 3.31. The Balaban J connectivity index is 1.80. The maximum atomic E-state index is 5.42. The van der Waals surface area contributed by atoms with Crippen LogP contribution in [-0.4, -0.2) is 14.2 Å². The summed E-state index contributed by atoms with van der Waals surface area (Å²) in [6, 6.07) is 27.3. The first kappa shape index (κ1) is 18.2. The van der Waals surface area contributed by atoms with Crippen LogP contribution >= 0.6 is 11.3 Å². The van der Waals surface area contributed by atoms with Crippen LogP contribution in [0.15, 0.2) is 78.9 Å². The molecule has 0 fully saturated rings. The van der Waals surface area contributed by atoms with E-state index in [2.05, 4.69) is 66.7 Å². The molecule has 28 heavy (non-hydrogen) atoms. The SMILES string of the molecule is COc1ccc(/C=C/c2[s+]c3ccccc3cc2-c2ccccc2)cc1OC.